The van der Waals surface area contributed by atoms with E-state index in [0.29, 0.717) is 22.2 Å². The van der Waals surface area contributed by atoms with Crippen LogP contribution in [0.5, 0.6) is 0 Å². The van der Waals surface area contributed by atoms with Gasteiger partial charge in [-0.1, -0.05) is 17.8 Å². The van der Waals surface area contributed by atoms with Crippen LogP contribution in [0.25, 0.3) is 5.78 Å². The molecule has 0 saturated carbocycles. The van der Waals surface area contributed by atoms with E-state index in [1.54, 1.807) is 35.7 Å². The lowest BCUT2D eigenvalue weighted by Gasteiger charge is -2.10. The lowest BCUT2D eigenvalue weighted by atomic mass is 10.2. The molecule has 0 bridgehead atoms. The average Bonchev–Trinajstić information content (AvgIpc) is 2.97. The molecule has 1 atom stereocenters. The Morgan fingerprint density at radius 2 is 2.12 bits per heavy atom. The third kappa shape index (κ3) is 3.78. The predicted molar refractivity (Wildman–Crippen MR) is 95.4 cm³/mol. The first-order valence-corrected chi connectivity index (χ1v) is 8.53. The highest BCUT2D eigenvalue weighted by Crippen LogP contribution is 2.22. The summed E-state index contributed by atoms with van der Waals surface area (Å²) in [5.74, 6) is 0.342. The molecule has 0 aliphatic carbocycles. The fourth-order valence-corrected chi connectivity index (χ4v) is 3.07. The van der Waals surface area contributed by atoms with E-state index < -0.39 is 5.25 Å². The summed E-state index contributed by atoms with van der Waals surface area (Å²) < 4.78 is 1.66. The minimum absolute atomic E-state index is 0.181. The van der Waals surface area contributed by atoms with Gasteiger partial charge < -0.3 is 5.32 Å². The SMILES string of the molecule is Cc1cc(C)n2nc(S[C@H](C)C(=O)Nc3cccc(C#N)c3)nc2n1. The number of thioether (sulfide) groups is 1. The number of nitriles is 1. The molecule has 2 aromatic heterocycles. The third-order valence-electron chi connectivity index (χ3n) is 3.51. The standard InChI is InChI=1S/C17H16N6OS/c1-10-7-11(2)23-16(19-10)21-17(22-23)25-12(3)15(24)20-14-6-4-5-13(8-14)9-18/h4-8,12H,1-3H3,(H,20,24)/t12-/m1/s1. The van der Waals surface area contributed by atoms with Gasteiger partial charge in [-0.3, -0.25) is 4.79 Å². The number of carbonyl (C=O) groups excluding carboxylic acids is 1. The monoisotopic (exact) mass is 352 g/mol. The summed E-state index contributed by atoms with van der Waals surface area (Å²) in [7, 11) is 0. The second-order valence-corrected chi connectivity index (χ2v) is 6.89. The van der Waals surface area contributed by atoms with Crippen molar-refractivity contribution in [3.8, 4) is 6.07 Å². The zero-order valence-corrected chi connectivity index (χ0v) is 14.8. The molecular formula is C17H16N6OS. The van der Waals surface area contributed by atoms with Crippen LogP contribution in [0.3, 0.4) is 0 Å². The molecule has 0 aliphatic rings. The number of anilines is 1. The van der Waals surface area contributed by atoms with Crippen molar-refractivity contribution in [1.82, 2.24) is 19.6 Å². The van der Waals surface area contributed by atoms with Crippen molar-refractivity contribution in [3.63, 3.8) is 0 Å². The molecule has 0 aliphatic heterocycles. The molecule has 2 heterocycles. The topological polar surface area (TPSA) is 96.0 Å². The minimum atomic E-state index is -0.399. The second kappa shape index (κ2) is 6.91. The summed E-state index contributed by atoms with van der Waals surface area (Å²) >= 11 is 1.26. The molecule has 8 heteroatoms. The van der Waals surface area contributed by atoms with Crippen LogP contribution in [0.4, 0.5) is 5.69 Å². The van der Waals surface area contributed by atoms with Gasteiger partial charge in [0.15, 0.2) is 0 Å². The number of aromatic nitrogens is 4. The number of fused-ring (bicyclic) bond motifs is 1. The molecule has 0 unspecified atom stereocenters. The van der Waals surface area contributed by atoms with Gasteiger partial charge in [0, 0.05) is 17.1 Å². The van der Waals surface area contributed by atoms with Gasteiger partial charge in [-0.15, -0.1) is 5.10 Å². The van der Waals surface area contributed by atoms with Gasteiger partial charge in [0.1, 0.15) is 0 Å². The first kappa shape index (κ1) is 16.9. The number of amides is 1. The molecular weight excluding hydrogens is 336 g/mol. The van der Waals surface area contributed by atoms with Gasteiger partial charge in [0.25, 0.3) is 5.78 Å². The number of aryl methyl sites for hydroxylation is 2. The molecule has 0 radical (unpaired) electrons. The van der Waals surface area contributed by atoms with Crippen molar-refractivity contribution in [2.75, 3.05) is 5.32 Å². The number of hydrogen-bond donors (Lipinski definition) is 1. The molecule has 1 aromatic carbocycles. The average molecular weight is 352 g/mol. The lowest BCUT2D eigenvalue weighted by Crippen LogP contribution is -2.22. The molecule has 3 aromatic rings. The van der Waals surface area contributed by atoms with Crippen molar-refractivity contribution >= 4 is 29.1 Å². The molecule has 1 amide bonds. The summed E-state index contributed by atoms with van der Waals surface area (Å²) in [6.07, 6.45) is 0. The maximum Gasteiger partial charge on any atom is 0.253 e. The van der Waals surface area contributed by atoms with E-state index in [1.165, 1.54) is 11.8 Å². The molecule has 25 heavy (non-hydrogen) atoms. The van der Waals surface area contributed by atoms with E-state index in [9.17, 15) is 4.79 Å². The molecule has 3 rings (SSSR count). The van der Waals surface area contributed by atoms with Crippen LogP contribution >= 0.6 is 11.8 Å². The maximum absolute atomic E-state index is 12.4. The number of benzene rings is 1. The Kier molecular flexibility index (Phi) is 4.67. The minimum Gasteiger partial charge on any atom is -0.325 e. The highest BCUT2D eigenvalue weighted by molar-refractivity contribution is 8.00. The highest BCUT2D eigenvalue weighted by Gasteiger charge is 2.18. The third-order valence-corrected chi connectivity index (χ3v) is 4.46. The molecule has 0 spiro atoms. The normalized spacial score (nSPS) is 11.9. The Labute approximate surface area is 149 Å². The van der Waals surface area contributed by atoms with Gasteiger partial charge in [-0.25, -0.2) is 9.50 Å². The van der Waals surface area contributed by atoms with Gasteiger partial charge in [-0.05, 0) is 45.0 Å². The maximum atomic E-state index is 12.4. The van der Waals surface area contributed by atoms with Crippen molar-refractivity contribution in [1.29, 1.82) is 5.26 Å². The number of carbonyl (C=O) groups is 1. The fourth-order valence-electron chi connectivity index (χ4n) is 2.32. The van der Waals surface area contributed by atoms with E-state index in [1.807, 2.05) is 26.0 Å². The van der Waals surface area contributed by atoms with Crippen LogP contribution in [0.1, 0.15) is 23.9 Å². The molecule has 126 valence electrons. The summed E-state index contributed by atoms with van der Waals surface area (Å²) in [5.41, 5.74) is 2.90. The van der Waals surface area contributed by atoms with Gasteiger partial charge in [0.2, 0.25) is 11.1 Å². The Balaban J connectivity index is 1.73. The largest absolute Gasteiger partial charge is 0.325 e. The molecule has 1 N–H and O–H groups in total. The van der Waals surface area contributed by atoms with Crippen LogP contribution in [-0.4, -0.2) is 30.7 Å². The van der Waals surface area contributed by atoms with Crippen molar-refractivity contribution in [2.24, 2.45) is 0 Å². The van der Waals surface area contributed by atoms with E-state index in [2.05, 4.69) is 20.4 Å². The number of rotatable bonds is 4. The van der Waals surface area contributed by atoms with E-state index >= 15 is 0 Å². The summed E-state index contributed by atoms with van der Waals surface area (Å²) in [6, 6.07) is 10.8. The quantitative estimate of drug-likeness (QED) is 0.725. The Morgan fingerprint density at radius 1 is 1.32 bits per heavy atom. The molecule has 0 fully saturated rings. The van der Waals surface area contributed by atoms with Crippen molar-refractivity contribution < 1.29 is 4.79 Å². The van der Waals surface area contributed by atoms with Crippen LogP contribution in [0.2, 0.25) is 0 Å². The summed E-state index contributed by atoms with van der Waals surface area (Å²) in [4.78, 5) is 21.1. The van der Waals surface area contributed by atoms with Gasteiger partial charge in [-0.2, -0.15) is 10.2 Å². The smallest absolute Gasteiger partial charge is 0.253 e. The van der Waals surface area contributed by atoms with Gasteiger partial charge in [0.05, 0.1) is 16.9 Å². The zero-order chi connectivity index (χ0) is 18.0. The van der Waals surface area contributed by atoms with Crippen LogP contribution in [-0.2, 0) is 4.79 Å². The van der Waals surface area contributed by atoms with Gasteiger partial charge >= 0.3 is 0 Å². The Hall–Kier alpha value is -2.92. The first-order chi connectivity index (χ1) is 12.0. The Morgan fingerprint density at radius 3 is 2.88 bits per heavy atom. The number of nitrogens with zero attached hydrogens (tertiary/aromatic N) is 5. The summed E-state index contributed by atoms with van der Waals surface area (Å²) in [5, 5.41) is 16.2. The zero-order valence-electron chi connectivity index (χ0n) is 14.0. The van der Waals surface area contributed by atoms with Crippen molar-refractivity contribution in [3.05, 3.63) is 47.3 Å². The molecule has 7 nitrogen and oxygen atoms in total. The number of nitrogens with one attached hydrogen (secondary N) is 1. The predicted octanol–water partition coefficient (Wildman–Crippen LogP) is 2.73. The first-order valence-electron chi connectivity index (χ1n) is 7.65. The van der Waals surface area contributed by atoms with Crippen molar-refractivity contribution in [2.45, 2.75) is 31.2 Å². The number of hydrogen-bond acceptors (Lipinski definition) is 6. The van der Waals surface area contributed by atoms with Crippen LogP contribution in [0.15, 0.2) is 35.5 Å². The Bertz CT molecular complexity index is 990. The fraction of sp³-hybridized carbons (Fsp3) is 0.235. The van der Waals surface area contributed by atoms with E-state index in [4.69, 9.17) is 5.26 Å². The highest BCUT2D eigenvalue weighted by atomic mass is 32.2. The summed E-state index contributed by atoms with van der Waals surface area (Å²) in [6.45, 7) is 5.62. The van der Waals surface area contributed by atoms with E-state index in [0.717, 1.165) is 11.4 Å². The molecule has 0 saturated heterocycles. The lowest BCUT2D eigenvalue weighted by molar-refractivity contribution is -0.115. The van der Waals surface area contributed by atoms with E-state index in [-0.39, 0.29) is 5.91 Å². The van der Waals surface area contributed by atoms with Crippen LogP contribution < -0.4 is 5.32 Å². The van der Waals surface area contributed by atoms with Crippen LogP contribution in [0, 0.1) is 25.2 Å². The second-order valence-electron chi connectivity index (χ2n) is 5.59.